The molecule has 0 amide bonds. The standard InChI is InChI=1S/C22H20O4/c1-4-21(23)26-20-12-11-18-17(9-6-10-19(18)20)15-7-5-8-16(13-15)25-22(24)14(2)3/h4-10,13,20H,1-2,11-12H2,3H3. The van der Waals surface area contributed by atoms with Gasteiger partial charge in [-0.05, 0) is 54.2 Å². The van der Waals surface area contributed by atoms with E-state index in [1.807, 2.05) is 36.4 Å². The normalized spacial score (nSPS) is 15.0. The van der Waals surface area contributed by atoms with Gasteiger partial charge in [0.2, 0.25) is 0 Å². The second-order valence-electron chi connectivity index (χ2n) is 6.24. The molecule has 0 saturated carbocycles. The van der Waals surface area contributed by atoms with Crippen molar-refractivity contribution in [2.24, 2.45) is 0 Å². The van der Waals surface area contributed by atoms with Crippen LogP contribution in [0.5, 0.6) is 5.75 Å². The third-order valence-corrected chi connectivity index (χ3v) is 4.34. The van der Waals surface area contributed by atoms with Gasteiger partial charge in [-0.15, -0.1) is 0 Å². The van der Waals surface area contributed by atoms with Crippen LogP contribution >= 0.6 is 0 Å². The highest BCUT2D eigenvalue weighted by Gasteiger charge is 2.27. The van der Waals surface area contributed by atoms with Gasteiger partial charge in [0.25, 0.3) is 0 Å². The Morgan fingerprint density at radius 3 is 2.69 bits per heavy atom. The van der Waals surface area contributed by atoms with Crippen molar-refractivity contribution in [2.45, 2.75) is 25.9 Å². The largest absolute Gasteiger partial charge is 0.454 e. The number of ether oxygens (including phenoxy) is 2. The number of carbonyl (C=O) groups excluding carboxylic acids is 2. The van der Waals surface area contributed by atoms with Crippen molar-refractivity contribution >= 4 is 11.9 Å². The summed E-state index contributed by atoms with van der Waals surface area (Å²) in [7, 11) is 0. The topological polar surface area (TPSA) is 52.6 Å². The fourth-order valence-corrected chi connectivity index (χ4v) is 3.12. The summed E-state index contributed by atoms with van der Waals surface area (Å²) < 4.78 is 10.8. The lowest BCUT2D eigenvalue weighted by molar-refractivity contribution is -0.143. The SMILES string of the molecule is C=CC(=O)OC1CCc2c(-c3cccc(OC(=O)C(=C)C)c3)cccc21. The predicted octanol–water partition coefficient (Wildman–Crippen LogP) is 4.55. The fourth-order valence-electron chi connectivity index (χ4n) is 3.12. The zero-order valence-electron chi connectivity index (χ0n) is 14.7. The Labute approximate surface area is 152 Å². The molecule has 0 N–H and O–H groups in total. The molecule has 0 spiro atoms. The van der Waals surface area contributed by atoms with Crippen molar-refractivity contribution < 1.29 is 19.1 Å². The first-order valence-corrected chi connectivity index (χ1v) is 8.42. The summed E-state index contributed by atoms with van der Waals surface area (Å²) >= 11 is 0. The van der Waals surface area contributed by atoms with Gasteiger partial charge in [-0.2, -0.15) is 0 Å². The van der Waals surface area contributed by atoms with Gasteiger partial charge in [0.1, 0.15) is 11.9 Å². The Balaban J connectivity index is 1.92. The van der Waals surface area contributed by atoms with E-state index >= 15 is 0 Å². The monoisotopic (exact) mass is 348 g/mol. The van der Waals surface area contributed by atoms with Crippen LogP contribution in [0.15, 0.2) is 67.3 Å². The van der Waals surface area contributed by atoms with Gasteiger partial charge < -0.3 is 9.47 Å². The van der Waals surface area contributed by atoms with Crippen molar-refractivity contribution in [3.8, 4) is 16.9 Å². The van der Waals surface area contributed by atoms with Crippen LogP contribution in [0.4, 0.5) is 0 Å². The van der Waals surface area contributed by atoms with E-state index in [0.717, 1.165) is 35.1 Å². The second kappa shape index (κ2) is 7.40. The first-order valence-electron chi connectivity index (χ1n) is 8.42. The third kappa shape index (κ3) is 3.59. The number of hydrogen-bond acceptors (Lipinski definition) is 4. The summed E-state index contributed by atoms with van der Waals surface area (Å²) in [5, 5.41) is 0. The molecular weight excluding hydrogens is 328 g/mol. The minimum absolute atomic E-state index is 0.250. The van der Waals surface area contributed by atoms with E-state index in [1.54, 1.807) is 13.0 Å². The average molecular weight is 348 g/mol. The molecule has 0 bridgehead atoms. The molecule has 1 atom stereocenters. The molecule has 132 valence electrons. The highest BCUT2D eigenvalue weighted by Crippen LogP contribution is 2.40. The van der Waals surface area contributed by atoms with Gasteiger partial charge in [-0.3, -0.25) is 0 Å². The van der Waals surface area contributed by atoms with Crippen molar-refractivity contribution in [3.63, 3.8) is 0 Å². The molecule has 0 heterocycles. The van der Waals surface area contributed by atoms with Crippen LogP contribution in [0.25, 0.3) is 11.1 Å². The Kier molecular flexibility index (Phi) is 5.03. The zero-order valence-corrected chi connectivity index (χ0v) is 14.7. The number of esters is 2. The number of benzene rings is 2. The molecule has 1 unspecified atom stereocenters. The maximum Gasteiger partial charge on any atom is 0.338 e. The van der Waals surface area contributed by atoms with E-state index < -0.39 is 11.9 Å². The maximum atomic E-state index is 11.7. The molecular formula is C22H20O4. The molecule has 2 aromatic rings. The molecule has 0 fully saturated rings. The minimum Gasteiger partial charge on any atom is -0.454 e. The van der Waals surface area contributed by atoms with E-state index in [1.165, 1.54) is 6.08 Å². The van der Waals surface area contributed by atoms with Crippen LogP contribution in [0, 0.1) is 0 Å². The van der Waals surface area contributed by atoms with Crippen molar-refractivity contribution in [1.29, 1.82) is 0 Å². The smallest absolute Gasteiger partial charge is 0.338 e. The van der Waals surface area contributed by atoms with Crippen LogP contribution < -0.4 is 4.74 Å². The number of carbonyl (C=O) groups is 2. The van der Waals surface area contributed by atoms with Crippen molar-refractivity contribution in [1.82, 2.24) is 0 Å². The first kappa shape index (κ1) is 17.7. The molecule has 0 aliphatic heterocycles. The highest BCUT2D eigenvalue weighted by molar-refractivity contribution is 5.89. The fraction of sp³-hybridized carbons (Fsp3) is 0.182. The van der Waals surface area contributed by atoms with E-state index in [2.05, 4.69) is 13.2 Å². The molecule has 4 nitrogen and oxygen atoms in total. The van der Waals surface area contributed by atoms with Crippen LogP contribution in [-0.2, 0) is 20.7 Å². The maximum absolute atomic E-state index is 11.7. The summed E-state index contributed by atoms with van der Waals surface area (Å²) in [6, 6.07) is 13.3. The average Bonchev–Trinajstić information content (AvgIpc) is 3.04. The lowest BCUT2D eigenvalue weighted by Gasteiger charge is -2.14. The van der Waals surface area contributed by atoms with Crippen molar-refractivity contribution in [3.05, 3.63) is 78.4 Å². The van der Waals surface area contributed by atoms with Gasteiger partial charge in [0, 0.05) is 11.6 Å². The summed E-state index contributed by atoms with van der Waals surface area (Å²) in [4.78, 5) is 23.3. The molecule has 26 heavy (non-hydrogen) atoms. The Bertz CT molecular complexity index is 895. The Morgan fingerprint density at radius 1 is 1.19 bits per heavy atom. The minimum atomic E-state index is -0.447. The molecule has 0 radical (unpaired) electrons. The first-order chi connectivity index (χ1) is 12.5. The molecule has 4 heteroatoms. The van der Waals surface area contributed by atoms with Gasteiger partial charge in [0.05, 0.1) is 0 Å². The number of hydrogen-bond donors (Lipinski definition) is 0. The van der Waals surface area contributed by atoms with E-state index in [9.17, 15) is 9.59 Å². The van der Waals surface area contributed by atoms with Gasteiger partial charge in [-0.1, -0.05) is 43.5 Å². The van der Waals surface area contributed by atoms with Crippen LogP contribution in [-0.4, -0.2) is 11.9 Å². The van der Waals surface area contributed by atoms with Crippen LogP contribution in [0.2, 0.25) is 0 Å². The predicted molar refractivity (Wildman–Crippen MR) is 99.7 cm³/mol. The summed E-state index contributed by atoms with van der Waals surface area (Å²) in [5.74, 6) is -0.389. The Morgan fingerprint density at radius 2 is 1.96 bits per heavy atom. The highest BCUT2D eigenvalue weighted by atomic mass is 16.5. The van der Waals surface area contributed by atoms with Crippen LogP contribution in [0.3, 0.4) is 0 Å². The molecule has 0 aromatic heterocycles. The van der Waals surface area contributed by atoms with Crippen molar-refractivity contribution in [2.75, 3.05) is 0 Å². The Hall–Kier alpha value is -3.14. The molecule has 1 aliphatic carbocycles. The van der Waals surface area contributed by atoms with E-state index in [0.29, 0.717) is 11.3 Å². The van der Waals surface area contributed by atoms with Gasteiger partial charge >= 0.3 is 11.9 Å². The summed E-state index contributed by atoms with van der Waals surface area (Å²) in [5.41, 5.74) is 4.51. The van der Waals surface area contributed by atoms with Gasteiger partial charge in [0.15, 0.2) is 0 Å². The van der Waals surface area contributed by atoms with Gasteiger partial charge in [-0.25, -0.2) is 9.59 Å². The lowest BCUT2D eigenvalue weighted by atomic mass is 9.96. The quantitative estimate of drug-likeness (QED) is 0.452. The van der Waals surface area contributed by atoms with Crippen LogP contribution in [0.1, 0.15) is 30.6 Å². The summed E-state index contributed by atoms with van der Waals surface area (Å²) in [6.45, 7) is 8.65. The zero-order chi connectivity index (χ0) is 18.7. The number of fused-ring (bicyclic) bond motifs is 1. The molecule has 3 rings (SSSR count). The summed E-state index contributed by atoms with van der Waals surface area (Å²) in [6.07, 6.45) is 2.49. The third-order valence-electron chi connectivity index (χ3n) is 4.34. The lowest BCUT2D eigenvalue weighted by Crippen LogP contribution is -2.08. The van der Waals surface area contributed by atoms with E-state index in [-0.39, 0.29) is 6.10 Å². The van der Waals surface area contributed by atoms with E-state index in [4.69, 9.17) is 9.47 Å². The number of rotatable bonds is 5. The molecule has 0 saturated heterocycles. The molecule has 1 aliphatic rings. The second-order valence-corrected chi connectivity index (χ2v) is 6.24. The molecule has 2 aromatic carbocycles.